The second-order valence-corrected chi connectivity index (χ2v) is 7.95. The van der Waals surface area contributed by atoms with E-state index < -0.39 is 49.8 Å². The van der Waals surface area contributed by atoms with Gasteiger partial charge in [0.2, 0.25) is 11.6 Å². The van der Waals surface area contributed by atoms with Crippen molar-refractivity contribution in [1.82, 2.24) is 9.62 Å². The molecule has 0 aromatic heterocycles. The molecule has 13 heteroatoms. The van der Waals surface area contributed by atoms with Crippen LogP contribution in [0.4, 0.5) is 0 Å². The van der Waals surface area contributed by atoms with Gasteiger partial charge in [-0.3, -0.25) is 18.7 Å². The van der Waals surface area contributed by atoms with Crippen LogP contribution in [-0.2, 0) is 34.7 Å². The van der Waals surface area contributed by atoms with Gasteiger partial charge in [0.25, 0.3) is 16.0 Å². The van der Waals surface area contributed by atoms with Crippen LogP contribution in [-0.4, -0.2) is 61.4 Å². The summed E-state index contributed by atoms with van der Waals surface area (Å²) in [6.07, 6.45) is 0. The second-order valence-electron chi connectivity index (χ2n) is 5.12. The Morgan fingerprint density at radius 1 is 1.24 bits per heavy atom. The van der Waals surface area contributed by atoms with Crippen molar-refractivity contribution >= 4 is 32.2 Å². The summed E-state index contributed by atoms with van der Waals surface area (Å²) in [5.41, 5.74) is -2.25. The third-order valence-electron chi connectivity index (χ3n) is 3.53. The van der Waals surface area contributed by atoms with Gasteiger partial charge in [-0.2, -0.15) is 16.8 Å². The molecule has 1 aromatic rings. The van der Waals surface area contributed by atoms with Crippen LogP contribution >= 0.6 is 0 Å². The Kier molecular flexibility index (Phi) is 4.89. The number of ether oxygens (including phenoxy) is 1. The first-order chi connectivity index (χ1) is 11.4. The van der Waals surface area contributed by atoms with Crippen LogP contribution in [0.1, 0.15) is 10.8 Å². The van der Waals surface area contributed by atoms with Crippen LogP contribution in [0.5, 0.6) is 0 Å². The van der Waals surface area contributed by atoms with Gasteiger partial charge in [0, 0.05) is 7.11 Å². The minimum Gasteiger partial charge on any atom is -0.349 e. The fourth-order valence-electron chi connectivity index (χ4n) is 2.29. The lowest BCUT2D eigenvalue weighted by Gasteiger charge is -2.45. The van der Waals surface area contributed by atoms with E-state index in [0.717, 1.165) is 7.11 Å². The highest BCUT2D eigenvalue weighted by Gasteiger charge is 2.59. The smallest absolute Gasteiger partial charge is 0.349 e. The van der Waals surface area contributed by atoms with Gasteiger partial charge >= 0.3 is 10.3 Å². The monoisotopic (exact) mass is 394 g/mol. The van der Waals surface area contributed by atoms with E-state index in [1.807, 2.05) is 5.32 Å². The first-order valence-electron chi connectivity index (χ1n) is 6.60. The van der Waals surface area contributed by atoms with E-state index >= 15 is 0 Å². The number of β-lactam (4-membered cyclic amide) rings is 1. The van der Waals surface area contributed by atoms with E-state index in [2.05, 4.69) is 0 Å². The number of hydrogen-bond acceptors (Lipinski definition) is 7. The molecule has 2 rings (SSSR count). The lowest BCUT2D eigenvalue weighted by molar-refractivity contribution is -0.180. The SMILES string of the molecule is CO[C@@]1(NC(=O)C(c2ccccc2)S(=O)(=O)O)CN(S(=O)(=O)O)C1=O. The van der Waals surface area contributed by atoms with E-state index in [4.69, 9.17) is 9.29 Å². The van der Waals surface area contributed by atoms with Crippen molar-refractivity contribution < 1.29 is 40.3 Å². The summed E-state index contributed by atoms with van der Waals surface area (Å²) in [5, 5.41) is -0.0923. The van der Waals surface area contributed by atoms with E-state index in [0.29, 0.717) is 0 Å². The molecule has 1 aliphatic rings. The zero-order chi connectivity index (χ0) is 19.0. The minimum atomic E-state index is -4.90. The Bertz CT molecular complexity index is 898. The highest BCUT2D eigenvalue weighted by atomic mass is 32.2. The van der Waals surface area contributed by atoms with Crippen molar-refractivity contribution in [2.45, 2.75) is 11.0 Å². The van der Waals surface area contributed by atoms with E-state index in [1.54, 1.807) is 6.07 Å². The molecular weight excluding hydrogens is 380 g/mol. The number of carbonyl (C=O) groups excluding carboxylic acids is 2. The molecule has 138 valence electrons. The summed E-state index contributed by atoms with van der Waals surface area (Å²) in [6, 6.07) is 6.95. The van der Waals surface area contributed by atoms with Crippen molar-refractivity contribution in [3.05, 3.63) is 35.9 Å². The molecule has 0 saturated carbocycles. The largest absolute Gasteiger partial charge is 0.362 e. The van der Waals surface area contributed by atoms with Crippen LogP contribution in [0.25, 0.3) is 0 Å². The molecule has 25 heavy (non-hydrogen) atoms. The fourth-order valence-corrected chi connectivity index (χ4v) is 3.82. The van der Waals surface area contributed by atoms with Crippen LogP contribution in [0.15, 0.2) is 30.3 Å². The Morgan fingerprint density at radius 3 is 2.20 bits per heavy atom. The number of amides is 2. The molecule has 11 nitrogen and oxygen atoms in total. The Hall–Kier alpha value is -2.06. The molecule has 0 radical (unpaired) electrons. The maximum absolute atomic E-state index is 12.3. The number of hydrogen-bond donors (Lipinski definition) is 3. The first-order valence-corrected chi connectivity index (χ1v) is 9.50. The normalized spacial score (nSPS) is 22.2. The minimum absolute atomic E-state index is 0.0295. The molecule has 0 bridgehead atoms. The van der Waals surface area contributed by atoms with Gasteiger partial charge in [-0.1, -0.05) is 30.3 Å². The van der Waals surface area contributed by atoms with Crippen LogP contribution < -0.4 is 5.32 Å². The Balaban J connectivity index is 2.31. The predicted octanol–water partition coefficient (Wildman–Crippen LogP) is -1.28. The van der Waals surface area contributed by atoms with E-state index in [-0.39, 0.29) is 9.87 Å². The van der Waals surface area contributed by atoms with Gasteiger partial charge in [0.15, 0.2) is 5.25 Å². The molecule has 2 amide bonds. The number of benzene rings is 1. The average Bonchev–Trinajstić information content (AvgIpc) is 2.49. The highest BCUT2D eigenvalue weighted by molar-refractivity contribution is 7.86. The summed E-state index contributed by atoms with van der Waals surface area (Å²) >= 11 is 0. The lowest BCUT2D eigenvalue weighted by atomic mass is 10.0. The highest BCUT2D eigenvalue weighted by Crippen LogP contribution is 2.29. The third-order valence-corrected chi connectivity index (χ3v) is 5.46. The third kappa shape index (κ3) is 3.64. The molecule has 0 aliphatic carbocycles. The Morgan fingerprint density at radius 2 is 1.80 bits per heavy atom. The van der Waals surface area contributed by atoms with E-state index in [1.165, 1.54) is 24.3 Å². The molecule has 1 aliphatic heterocycles. The lowest BCUT2D eigenvalue weighted by Crippen LogP contribution is -2.76. The average molecular weight is 394 g/mol. The molecule has 3 N–H and O–H groups in total. The molecule has 1 heterocycles. The predicted molar refractivity (Wildman–Crippen MR) is 81.9 cm³/mol. The van der Waals surface area contributed by atoms with Gasteiger partial charge in [0.05, 0.1) is 6.54 Å². The molecule has 2 atom stereocenters. The van der Waals surface area contributed by atoms with Gasteiger partial charge in [0.1, 0.15) is 0 Å². The standard InChI is InChI=1S/C12H14N2O9S2/c1-23-12(7-14(11(12)16)25(20,21)22)13-10(15)9(24(17,18)19)8-5-3-2-4-6-8/h2-6,9H,7H2,1H3,(H,13,15)(H,17,18,19)(H,20,21,22)/t9?,12-/m0/s1. The van der Waals surface area contributed by atoms with E-state index in [9.17, 15) is 31.0 Å². The topological polar surface area (TPSA) is 167 Å². The van der Waals surface area contributed by atoms with Crippen LogP contribution in [0, 0.1) is 0 Å². The number of nitrogens with one attached hydrogen (secondary N) is 1. The zero-order valence-electron chi connectivity index (χ0n) is 12.7. The second kappa shape index (κ2) is 6.34. The van der Waals surface area contributed by atoms with Crippen molar-refractivity contribution in [2.75, 3.05) is 13.7 Å². The van der Waals surface area contributed by atoms with Gasteiger partial charge in [-0.15, -0.1) is 0 Å². The maximum Gasteiger partial charge on any atom is 0.362 e. The van der Waals surface area contributed by atoms with Crippen LogP contribution in [0.3, 0.4) is 0 Å². The summed E-state index contributed by atoms with van der Waals surface area (Å²) in [4.78, 5) is 24.3. The molecule has 1 saturated heterocycles. The number of rotatable bonds is 6. The number of methoxy groups -OCH3 is 1. The van der Waals surface area contributed by atoms with Crippen molar-refractivity contribution in [1.29, 1.82) is 0 Å². The van der Waals surface area contributed by atoms with Crippen molar-refractivity contribution in [3.63, 3.8) is 0 Å². The number of carbonyl (C=O) groups is 2. The molecule has 0 spiro atoms. The van der Waals surface area contributed by atoms with Gasteiger partial charge < -0.3 is 10.1 Å². The summed E-state index contributed by atoms with van der Waals surface area (Å²) in [7, 11) is -8.77. The first kappa shape index (κ1) is 19.3. The van der Waals surface area contributed by atoms with Crippen LogP contribution in [0.2, 0.25) is 0 Å². The maximum atomic E-state index is 12.3. The van der Waals surface area contributed by atoms with Crippen molar-refractivity contribution in [3.8, 4) is 0 Å². The number of nitrogens with zero attached hydrogens (tertiary/aromatic N) is 1. The molecule has 1 aromatic carbocycles. The summed E-state index contributed by atoms with van der Waals surface area (Å²) in [5.74, 6) is -2.62. The van der Waals surface area contributed by atoms with Crippen molar-refractivity contribution in [2.24, 2.45) is 0 Å². The van der Waals surface area contributed by atoms with Gasteiger partial charge in [-0.05, 0) is 5.56 Å². The fraction of sp³-hybridized carbons (Fsp3) is 0.333. The zero-order valence-corrected chi connectivity index (χ0v) is 14.3. The molecule has 1 fully saturated rings. The summed E-state index contributed by atoms with van der Waals surface area (Å²) < 4.78 is 68.2. The Labute approximate surface area is 143 Å². The molecular formula is C12H14N2O9S2. The quantitative estimate of drug-likeness (QED) is 0.302. The summed E-state index contributed by atoms with van der Waals surface area (Å²) in [6.45, 7) is -0.764. The van der Waals surface area contributed by atoms with Gasteiger partial charge in [-0.25, -0.2) is 4.31 Å². The molecule has 1 unspecified atom stereocenters.